The standard InChI is InChI=1S/C30H41N3O6/c1-6-8-9-17-31-27(36)26(22-11-10-12-24(35)20-22)33(18-7-2)28(37)25(32-29(38)39-30(3,4)5)19-21-13-15-23(34)16-14-21/h7,10-16,20,25-26,34-35H,2,6,8-9,17-19H2,1,3-5H3,(H,31,36)(H,32,38). The van der Waals surface area contributed by atoms with Crippen LogP contribution in [0.25, 0.3) is 0 Å². The van der Waals surface area contributed by atoms with Crippen LogP contribution in [-0.2, 0) is 20.7 Å². The number of alkyl carbamates (subject to hydrolysis) is 1. The summed E-state index contributed by atoms with van der Waals surface area (Å²) in [5, 5.41) is 25.4. The maximum Gasteiger partial charge on any atom is 0.408 e. The molecule has 2 aromatic carbocycles. The van der Waals surface area contributed by atoms with Crippen molar-refractivity contribution < 1.29 is 29.3 Å². The van der Waals surface area contributed by atoms with E-state index in [1.54, 1.807) is 45.0 Å². The molecule has 4 N–H and O–H groups in total. The predicted molar refractivity (Wildman–Crippen MR) is 150 cm³/mol. The Labute approximate surface area is 230 Å². The molecule has 0 bridgehead atoms. The average molecular weight is 540 g/mol. The number of ether oxygens (including phenoxy) is 1. The maximum absolute atomic E-state index is 14.1. The Morgan fingerprint density at radius 3 is 2.33 bits per heavy atom. The summed E-state index contributed by atoms with van der Waals surface area (Å²) in [6, 6.07) is 10.3. The average Bonchev–Trinajstić information content (AvgIpc) is 2.86. The van der Waals surface area contributed by atoms with Gasteiger partial charge in [-0.3, -0.25) is 9.59 Å². The molecule has 9 heteroatoms. The second-order valence-electron chi connectivity index (χ2n) is 10.3. The van der Waals surface area contributed by atoms with Crippen molar-refractivity contribution in [2.75, 3.05) is 13.1 Å². The highest BCUT2D eigenvalue weighted by molar-refractivity contribution is 5.92. The first-order valence-corrected chi connectivity index (χ1v) is 13.2. The van der Waals surface area contributed by atoms with Gasteiger partial charge in [-0.25, -0.2) is 4.79 Å². The molecule has 0 spiro atoms. The Morgan fingerprint density at radius 1 is 1.05 bits per heavy atom. The van der Waals surface area contributed by atoms with Crippen molar-refractivity contribution in [1.82, 2.24) is 15.5 Å². The molecule has 0 fully saturated rings. The van der Waals surface area contributed by atoms with Gasteiger partial charge in [-0.05, 0) is 62.6 Å². The molecule has 2 rings (SSSR count). The highest BCUT2D eigenvalue weighted by Crippen LogP contribution is 2.26. The van der Waals surface area contributed by atoms with Crippen LogP contribution < -0.4 is 10.6 Å². The van der Waals surface area contributed by atoms with E-state index in [1.165, 1.54) is 35.2 Å². The number of hydrogen-bond acceptors (Lipinski definition) is 6. The van der Waals surface area contributed by atoms with E-state index in [0.29, 0.717) is 17.7 Å². The number of nitrogens with one attached hydrogen (secondary N) is 2. The Bertz CT molecular complexity index is 1110. The summed E-state index contributed by atoms with van der Waals surface area (Å²) >= 11 is 0. The van der Waals surface area contributed by atoms with Crippen molar-refractivity contribution in [3.63, 3.8) is 0 Å². The normalized spacial score (nSPS) is 12.6. The molecule has 2 aromatic rings. The van der Waals surface area contributed by atoms with E-state index >= 15 is 0 Å². The van der Waals surface area contributed by atoms with Crippen molar-refractivity contribution in [1.29, 1.82) is 0 Å². The third-order valence-electron chi connectivity index (χ3n) is 5.80. The zero-order valence-corrected chi connectivity index (χ0v) is 23.3. The van der Waals surface area contributed by atoms with Gasteiger partial charge in [0.2, 0.25) is 11.8 Å². The number of unbranched alkanes of at least 4 members (excludes halogenated alkanes) is 2. The van der Waals surface area contributed by atoms with Gasteiger partial charge in [0.25, 0.3) is 0 Å². The van der Waals surface area contributed by atoms with E-state index in [9.17, 15) is 24.6 Å². The molecule has 0 radical (unpaired) electrons. The fourth-order valence-electron chi connectivity index (χ4n) is 4.03. The van der Waals surface area contributed by atoms with Gasteiger partial charge in [0.05, 0.1) is 0 Å². The Balaban J connectivity index is 2.48. The number of phenolic OH excluding ortho intramolecular Hbond substituents is 2. The number of rotatable bonds is 13. The van der Waals surface area contributed by atoms with Gasteiger partial charge in [0.1, 0.15) is 29.2 Å². The smallest absolute Gasteiger partial charge is 0.408 e. The molecule has 0 aromatic heterocycles. The summed E-state index contributed by atoms with van der Waals surface area (Å²) in [5.74, 6) is -0.924. The minimum atomic E-state index is -1.10. The molecule has 0 saturated carbocycles. The van der Waals surface area contributed by atoms with E-state index in [4.69, 9.17) is 4.74 Å². The van der Waals surface area contributed by atoms with Gasteiger partial charge < -0.3 is 30.5 Å². The van der Waals surface area contributed by atoms with Crippen LogP contribution >= 0.6 is 0 Å². The van der Waals surface area contributed by atoms with E-state index in [2.05, 4.69) is 24.1 Å². The largest absolute Gasteiger partial charge is 0.508 e. The van der Waals surface area contributed by atoms with E-state index in [0.717, 1.165) is 19.3 Å². The lowest BCUT2D eigenvalue weighted by Gasteiger charge is -2.34. The number of phenols is 2. The van der Waals surface area contributed by atoms with Crippen LogP contribution in [0.4, 0.5) is 4.79 Å². The summed E-state index contributed by atoms with van der Waals surface area (Å²) in [7, 11) is 0. The lowest BCUT2D eigenvalue weighted by Crippen LogP contribution is -2.54. The topological polar surface area (TPSA) is 128 Å². The molecule has 0 aliphatic rings. The summed E-state index contributed by atoms with van der Waals surface area (Å²) in [4.78, 5) is 41.7. The molecule has 9 nitrogen and oxygen atoms in total. The third kappa shape index (κ3) is 10.3. The van der Waals surface area contributed by atoms with Gasteiger partial charge >= 0.3 is 6.09 Å². The number of carbonyl (C=O) groups is 3. The van der Waals surface area contributed by atoms with Crippen LogP contribution in [0, 0.1) is 0 Å². The van der Waals surface area contributed by atoms with Gasteiger partial charge in [-0.15, -0.1) is 6.58 Å². The lowest BCUT2D eigenvalue weighted by molar-refractivity contribution is -0.141. The van der Waals surface area contributed by atoms with Crippen LogP contribution in [0.3, 0.4) is 0 Å². The van der Waals surface area contributed by atoms with Crippen LogP contribution in [0.1, 0.15) is 64.1 Å². The Morgan fingerprint density at radius 2 is 1.74 bits per heavy atom. The van der Waals surface area contributed by atoms with Crippen molar-refractivity contribution in [3.05, 3.63) is 72.3 Å². The zero-order chi connectivity index (χ0) is 29.0. The number of benzene rings is 2. The molecule has 0 saturated heterocycles. The molecule has 0 aliphatic carbocycles. The second kappa shape index (κ2) is 14.8. The fourth-order valence-corrected chi connectivity index (χ4v) is 4.03. The molecule has 2 unspecified atom stereocenters. The van der Waals surface area contributed by atoms with Gasteiger partial charge in [-0.1, -0.05) is 50.1 Å². The second-order valence-corrected chi connectivity index (χ2v) is 10.3. The molecular formula is C30H41N3O6. The van der Waals surface area contributed by atoms with Gasteiger partial charge in [0.15, 0.2) is 0 Å². The van der Waals surface area contributed by atoms with Crippen molar-refractivity contribution in [2.45, 2.75) is 71.1 Å². The van der Waals surface area contributed by atoms with E-state index in [-0.39, 0.29) is 24.5 Å². The van der Waals surface area contributed by atoms with E-state index < -0.39 is 35.6 Å². The van der Waals surface area contributed by atoms with Crippen LogP contribution in [0.15, 0.2) is 61.2 Å². The zero-order valence-electron chi connectivity index (χ0n) is 23.3. The number of amides is 3. The SMILES string of the molecule is C=CCN(C(=O)C(Cc1ccc(O)cc1)NC(=O)OC(C)(C)C)C(C(=O)NCCCCC)c1cccc(O)c1. The number of hydrogen-bond donors (Lipinski definition) is 4. The van der Waals surface area contributed by atoms with Gasteiger partial charge in [0, 0.05) is 19.5 Å². The highest BCUT2D eigenvalue weighted by Gasteiger charge is 2.36. The number of carbonyl (C=O) groups excluding carboxylic acids is 3. The molecule has 2 atom stereocenters. The third-order valence-corrected chi connectivity index (χ3v) is 5.80. The van der Waals surface area contributed by atoms with Gasteiger partial charge in [-0.2, -0.15) is 0 Å². The van der Waals surface area contributed by atoms with Crippen molar-refractivity contribution in [2.24, 2.45) is 0 Å². The first-order chi connectivity index (χ1) is 18.4. The van der Waals surface area contributed by atoms with Crippen LogP contribution in [0.2, 0.25) is 0 Å². The first kappa shape index (κ1) is 31.2. The molecule has 0 aliphatic heterocycles. The minimum Gasteiger partial charge on any atom is -0.508 e. The maximum atomic E-state index is 14.1. The predicted octanol–water partition coefficient (Wildman–Crippen LogP) is 4.60. The summed E-state index contributed by atoms with van der Waals surface area (Å²) in [6.07, 6.45) is 3.52. The fraction of sp³-hybridized carbons (Fsp3) is 0.433. The minimum absolute atomic E-state index is 0.00358. The Kier molecular flexibility index (Phi) is 11.8. The van der Waals surface area contributed by atoms with Crippen molar-refractivity contribution in [3.8, 4) is 11.5 Å². The summed E-state index contributed by atoms with van der Waals surface area (Å²) < 4.78 is 5.41. The molecule has 212 valence electrons. The number of nitrogens with zero attached hydrogens (tertiary/aromatic N) is 1. The molecule has 39 heavy (non-hydrogen) atoms. The van der Waals surface area contributed by atoms with Crippen LogP contribution in [-0.4, -0.2) is 57.8 Å². The van der Waals surface area contributed by atoms with Crippen molar-refractivity contribution >= 4 is 17.9 Å². The molecule has 3 amide bonds. The molecular weight excluding hydrogens is 498 g/mol. The molecule has 0 heterocycles. The lowest BCUT2D eigenvalue weighted by atomic mass is 10.00. The first-order valence-electron chi connectivity index (χ1n) is 13.2. The quantitative estimate of drug-likeness (QED) is 0.218. The van der Waals surface area contributed by atoms with Crippen LogP contribution in [0.5, 0.6) is 11.5 Å². The highest BCUT2D eigenvalue weighted by atomic mass is 16.6. The monoisotopic (exact) mass is 539 g/mol. The number of aromatic hydroxyl groups is 2. The van der Waals surface area contributed by atoms with E-state index in [1.807, 2.05) is 0 Å². The summed E-state index contributed by atoms with van der Waals surface area (Å²) in [5.41, 5.74) is 0.303. The summed E-state index contributed by atoms with van der Waals surface area (Å²) in [6.45, 7) is 11.4. The Hall–Kier alpha value is -4.01.